The molecule has 0 fully saturated rings. The van der Waals surface area contributed by atoms with Gasteiger partial charge in [-0.15, -0.1) is 0 Å². The summed E-state index contributed by atoms with van der Waals surface area (Å²) in [5, 5.41) is 6.78. The molecule has 0 amide bonds. The van der Waals surface area contributed by atoms with E-state index in [0.717, 1.165) is 80.7 Å². The first kappa shape index (κ1) is 33.6. The molecule has 2 aromatic heterocycles. The molecular weight excluding hydrogens is 665 g/mol. The third kappa shape index (κ3) is 8.52. The van der Waals surface area contributed by atoms with Crippen molar-refractivity contribution in [2.24, 2.45) is 0 Å². The zero-order valence-electron chi connectivity index (χ0n) is 29.1. The topological polar surface area (TPSA) is 113 Å². The van der Waals surface area contributed by atoms with Gasteiger partial charge in [-0.3, -0.25) is 0 Å². The second-order valence-corrected chi connectivity index (χ2v) is 12.5. The van der Waals surface area contributed by atoms with E-state index in [1.54, 1.807) is 6.20 Å². The lowest BCUT2D eigenvalue weighted by Gasteiger charge is -2.17. The van der Waals surface area contributed by atoms with E-state index in [2.05, 4.69) is 39.9 Å². The van der Waals surface area contributed by atoms with Crippen LogP contribution in [0.3, 0.4) is 0 Å². The maximum absolute atomic E-state index is 6.23. The Morgan fingerprint density at radius 2 is 1.25 bits per heavy atom. The standard InChI is InChI=1S/C43H38N6O4/c1-3-20-50-29-32-24-34(47-42-44-19-18-40(48-42)30-10-7-13-35(25-30)51-21-4-1)16-17-38(32)39-28-45-43-46-33-12-9-15-37(27-33)53-23-6-2-5-22-52-36-14-8-11-31(26-36)41(39)49-43/h1-3,6-19,24-28H,4-5,20-23,29H2,(H,44,47,48)(H,45,46,49)/b3-1+,6-2-. The van der Waals surface area contributed by atoms with E-state index in [-0.39, 0.29) is 0 Å². The highest BCUT2D eigenvalue weighted by atomic mass is 16.5. The Kier molecular flexibility index (Phi) is 10.3. The van der Waals surface area contributed by atoms with Crippen LogP contribution in [0.2, 0.25) is 0 Å². The highest BCUT2D eigenvalue weighted by Gasteiger charge is 2.18. The summed E-state index contributed by atoms with van der Waals surface area (Å²) in [4.78, 5) is 19.2. The minimum atomic E-state index is 0.347. The largest absolute Gasteiger partial charge is 0.493 e. The molecule has 0 unspecified atom stereocenters. The number of aromatic nitrogens is 4. The number of anilines is 4. The van der Waals surface area contributed by atoms with Gasteiger partial charge in [0.25, 0.3) is 0 Å². The summed E-state index contributed by atoms with van der Waals surface area (Å²) in [6.45, 7) is 2.35. The highest BCUT2D eigenvalue weighted by molar-refractivity contribution is 5.84. The molecule has 4 heterocycles. The minimum Gasteiger partial charge on any atom is -0.493 e. The predicted molar refractivity (Wildman–Crippen MR) is 207 cm³/mol. The van der Waals surface area contributed by atoms with Crippen molar-refractivity contribution in [3.05, 3.63) is 139 Å². The molecule has 0 aliphatic carbocycles. The van der Waals surface area contributed by atoms with E-state index in [1.807, 2.05) is 103 Å². The first-order valence-corrected chi connectivity index (χ1v) is 17.7. The molecule has 4 aromatic carbocycles. The fraction of sp³-hybridized carbons (Fsp3) is 0.163. The zero-order chi connectivity index (χ0) is 35.7. The van der Waals surface area contributed by atoms with E-state index >= 15 is 0 Å². The average Bonchev–Trinajstić information content (AvgIpc) is 3.19. The lowest BCUT2D eigenvalue weighted by molar-refractivity contribution is 0.149. The lowest BCUT2D eigenvalue weighted by atomic mass is 9.96. The van der Waals surface area contributed by atoms with Crippen molar-refractivity contribution in [1.29, 1.82) is 0 Å². The first-order valence-electron chi connectivity index (χ1n) is 17.7. The Bertz CT molecular complexity index is 2270. The summed E-state index contributed by atoms with van der Waals surface area (Å²) in [7, 11) is 0. The summed E-state index contributed by atoms with van der Waals surface area (Å²) in [6, 6.07) is 31.8. The number of nitrogens with zero attached hydrogens (tertiary/aromatic N) is 4. The molecule has 12 bridgehead atoms. The molecular formula is C43H38N6O4. The van der Waals surface area contributed by atoms with Crippen LogP contribution in [0.1, 0.15) is 18.4 Å². The highest BCUT2D eigenvalue weighted by Crippen LogP contribution is 2.37. The summed E-state index contributed by atoms with van der Waals surface area (Å²) in [5.41, 5.74) is 7.77. The Balaban J connectivity index is 1.19. The van der Waals surface area contributed by atoms with Crippen LogP contribution in [0.5, 0.6) is 17.2 Å². The lowest BCUT2D eigenvalue weighted by Crippen LogP contribution is -2.04. The smallest absolute Gasteiger partial charge is 0.227 e. The molecule has 2 N–H and O–H groups in total. The summed E-state index contributed by atoms with van der Waals surface area (Å²) < 4.78 is 24.3. The van der Waals surface area contributed by atoms with Gasteiger partial charge in [-0.25, -0.2) is 19.9 Å². The molecule has 0 radical (unpaired) electrons. The number of benzene rings is 4. The van der Waals surface area contributed by atoms with Crippen LogP contribution in [0, 0.1) is 0 Å². The summed E-state index contributed by atoms with van der Waals surface area (Å²) >= 11 is 0. The predicted octanol–water partition coefficient (Wildman–Crippen LogP) is 9.33. The Morgan fingerprint density at radius 3 is 2.08 bits per heavy atom. The summed E-state index contributed by atoms with van der Waals surface area (Å²) in [6.07, 6.45) is 13.3. The van der Waals surface area contributed by atoms with Crippen LogP contribution in [0.4, 0.5) is 23.3 Å². The maximum Gasteiger partial charge on any atom is 0.227 e. The van der Waals surface area contributed by atoms with Gasteiger partial charge in [0.1, 0.15) is 23.9 Å². The maximum atomic E-state index is 6.23. The monoisotopic (exact) mass is 702 g/mol. The van der Waals surface area contributed by atoms with Crippen molar-refractivity contribution in [2.75, 3.05) is 37.1 Å². The molecule has 0 saturated heterocycles. The van der Waals surface area contributed by atoms with Crippen molar-refractivity contribution in [1.82, 2.24) is 19.9 Å². The van der Waals surface area contributed by atoms with Gasteiger partial charge in [-0.1, -0.05) is 60.7 Å². The fourth-order valence-electron chi connectivity index (χ4n) is 6.14. The van der Waals surface area contributed by atoms with Crippen LogP contribution in [0.25, 0.3) is 33.6 Å². The van der Waals surface area contributed by atoms with Gasteiger partial charge in [0.2, 0.25) is 11.9 Å². The molecule has 10 nitrogen and oxygen atoms in total. The van der Waals surface area contributed by atoms with Gasteiger partial charge < -0.3 is 29.6 Å². The van der Waals surface area contributed by atoms with E-state index < -0.39 is 0 Å². The Labute approximate surface area is 308 Å². The average molecular weight is 703 g/mol. The molecule has 0 spiro atoms. The Hall–Kier alpha value is -6.52. The number of nitrogens with one attached hydrogen (secondary N) is 2. The fourth-order valence-corrected chi connectivity index (χ4v) is 6.14. The minimum absolute atomic E-state index is 0.347. The number of fused-ring (bicyclic) bond motifs is 14. The van der Waals surface area contributed by atoms with Crippen LogP contribution < -0.4 is 24.8 Å². The summed E-state index contributed by atoms with van der Waals surface area (Å²) in [5.74, 6) is 3.24. The van der Waals surface area contributed by atoms with Crippen molar-refractivity contribution < 1.29 is 18.9 Å². The molecule has 264 valence electrons. The van der Waals surface area contributed by atoms with Crippen LogP contribution in [0.15, 0.2) is 134 Å². The molecule has 53 heavy (non-hydrogen) atoms. The third-order valence-corrected chi connectivity index (χ3v) is 8.68. The van der Waals surface area contributed by atoms with Crippen LogP contribution >= 0.6 is 0 Å². The zero-order valence-corrected chi connectivity index (χ0v) is 29.1. The molecule has 0 atom stereocenters. The molecule has 2 aliphatic heterocycles. The molecule has 10 heteroatoms. The van der Waals surface area contributed by atoms with Gasteiger partial charge >= 0.3 is 0 Å². The quantitative estimate of drug-likeness (QED) is 0.161. The molecule has 8 rings (SSSR count). The van der Waals surface area contributed by atoms with Crippen molar-refractivity contribution in [3.63, 3.8) is 0 Å². The van der Waals surface area contributed by atoms with Crippen LogP contribution in [-0.2, 0) is 11.3 Å². The number of rotatable bonds is 1. The van der Waals surface area contributed by atoms with E-state index in [1.165, 1.54) is 0 Å². The number of hydrogen-bond donors (Lipinski definition) is 2. The van der Waals surface area contributed by atoms with Gasteiger partial charge in [-0.05, 0) is 78.6 Å². The molecule has 2 aliphatic rings. The van der Waals surface area contributed by atoms with Crippen molar-refractivity contribution in [3.8, 4) is 50.9 Å². The van der Waals surface area contributed by atoms with E-state index in [4.69, 9.17) is 33.9 Å². The van der Waals surface area contributed by atoms with Gasteiger partial charge in [0.15, 0.2) is 0 Å². The second kappa shape index (κ2) is 16.2. The molecule has 0 saturated carbocycles. The van der Waals surface area contributed by atoms with Crippen molar-refractivity contribution >= 4 is 23.3 Å². The SMILES string of the molecule is C1=C\COc2cccc(c2)Nc2ncc(-c3ccc4cc3COC/C=C/CCOc3cccc(c3)-c3ccnc(n3)N4)c(n2)-c2cccc(c2)OCC/1. The van der Waals surface area contributed by atoms with E-state index in [9.17, 15) is 0 Å². The normalized spacial score (nSPS) is 15.6. The number of hydrogen-bond acceptors (Lipinski definition) is 10. The van der Waals surface area contributed by atoms with Gasteiger partial charge in [0.05, 0.1) is 37.8 Å². The van der Waals surface area contributed by atoms with Crippen molar-refractivity contribution in [2.45, 2.75) is 19.4 Å². The Morgan fingerprint density at radius 1 is 0.547 bits per heavy atom. The van der Waals surface area contributed by atoms with E-state index in [0.29, 0.717) is 44.9 Å². The van der Waals surface area contributed by atoms with Gasteiger partial charge in [0, 0.05) is 46.5 Å². The second-order valence-electron chi connectivity index (χ2n) is 12.5. The third-order valence-electron chi connectivity index (χ3n) is 8.68. The first-order chi connectivity index (χ1) is 26.2. The van der Waals surface area contributed by atoms with Crippen LogP contribution in [-0.4, -0.2) is 46.4 Å². The number of ether oxygens (including phenoxy) is 4. The van der Waals surface area contributed by atoms with Gasteiger partial charge in [-0.2, -0.15) is 0 Å². The molecule has 6 aromatic rings.